The number of carbonyl (C=O) groups is 2. The van der Waals surface area contributed by atoms with Crippen LogP contribution in [0.4, 0.5) is 0 Å². The molecule has 0 heterocycles. The van der Waals surface area contributed by atoms with Gasteiger partial charge in [-0.2, -0.15) is 8.42 Å². The minimum absolute atomic E-state index is 1.16. The third-order valence-electron chi connectivity index (χ3n) is 2.70. The van der Waals surface area contributed by atoms with E-state index >= 15 is 0 Å². The summed E-state index contributed by atoms with van der Waals surface area (Å²) in [6.45, 7) is 13.4. The van der Waals surface area contributed by atoms with Crippen LogP contribution in [0.3, 0.4) is 0 Å². The first kappa shape index (κ1) is 29.5. The number of hydrogen-bond donors (Lipinski definition) is 5. The summed E-state index contributed by atoms with van der Waals surface area (Å²) in [5.74, 6) is -3.50. The highest BCUT2D eigenvalue weighted by molar-refractivity contribution is 7.87. The average Bonchev–Trinajstić information content (AvgIpc) is 2.53. The summed E-state index contributed by atoms with van der Waals surface area (Å²) in [4.78, 5) is 20.0. The zero-order valence-electron chi connectivity index (χ0n) is 16.3. The van der Waals surface area contributed by atoms with E-state index < -0.39 is 33.7 Å². The van der Waals surface area contributed by atoms with Gasteiger partial charge in [0.1, 0.15) is 0 Å². The Labute approximate surface area is 157 Å². The van der Waals surface area contributed by atoms with Crippen molar-refractivity contribution in [3.05, 3.63) is 0 Å². The van der Waals surface area contributed by atoms with Gasteiger partial charge >= 0.3 is 11.9 Å². The second-order valence-corrected chi connectivity index (χ2v) is 7.04. The lowest BCUT2D eigenvalue weighted by Gasteiger charge is -2.04. The predicted octanol–water partition coefficient (Wildman–Crippen LogP) is 1.59. The van der Waals surface area contributed by atoms with Crippen LogP contribution in [0.5, 0.6) is 0 Å². The quantitative estimate of drug-likeness (QED) is 0.243. The van der Waals surface area contributed by atoms with Crippen LogP contribution in [0.25, 0.3) is 0 Å². The molecule has 0 fully saturated rings. The van der Waals surface area contributed by atoms with Crippen LogP contribution in [0, 0.1) is 0 Å². The Morgan fingerprint density at radius 2 is 1.12 bits per heavy atom. The van der Waals surface area contributed by atoms with Gasteiger partial charge in [0.25, 0.3) is 10.1 Å². The predicted molar refractivity (Wildman–Crippen MR) is 102 cm³/mol. The molecule has 1 unspecified atom stereocenters. The molecule has 0 saturated heterocycles. The molecule has 0 aliphatic rings. The Morgan fingerprint density at radius 3 is 1.23 bits per heavy atom. The van der Waals surface area contributed by atoms with Gasteiger partial charge in [0.15, 0.2) is 5.25 Å². The summed E-state index contributed by atoms with van der Waals surface area (Å²) in [6, 6.07) is 0. The summed E-state index contributed by atoms with van der Waals surface area (Å²) in [6.07, 6.45) is 3.84. The fraction of sp³-hybridized carbons (Fsp3) is 0.875. The molecule has 0 aromatic heterocycles. The van der Waals surface area contributed by atoms with Crippen LogP contribution < -0.4 is 10.6 Å². The monoisotopic (exact) mass is 400 g/mol. The van der Waals surface area contributed by atoms with Gasteiger partial charge in [-0.3, -0.25) is 14.1 Å². The summed E-state index contributed by atoms with van der Waals surface area (Å²) < 4.78 is 28.7. The topological polar surface area (TPSA) is 153 Å². The maximum absolute atomic E-state index is 10.2. The molecule has 158 valence electrons. The zero-order chi connectivity index (χ0) is 21.0. The highest BCUT2D eigenvalue weighted by Crippen LogP contribution is 2.04. The Kier molecular flexibility index (Phi) is 22.8. The fourth-order valence-electron chi connectivity index (χ4n) is 1.44. The highest BCUT2D eigenvalue weighted by atomic mass is 32.2. The molecule has 0 aromatic rings. The molecule has 5 N–H and O–H groups in total. The van der Waals surface area contributed by atoms with E-state index in [9.17, 15) is 18.0 Å². The van der Waals surface area contributed by atoms with E-state index in [4.69, 9.17) is 14.8 Å². The molecule has 0 aliphatic heterocycles. The van der Waals surface area contributed by atoms with Crippen LogP contribution in [0.2, 0.25) is 0 Å². The van der Waals surface area contributed by atoms with Crippen molar-refractivity contribution in [2.45, 2.75) is 65.0 Å². The van der Waals surface area contributed by atoms with E-state index in [1.165, 1.54) is 51.9 Å². The Balaban J connectivity index is -0.000000326. The van der Waals surface area contributed by atoms with Crippen LogP contribution in [-0.2, 0) is 19.7 Å². The van der Waals surface area contributed by atoms with E-state index in [2.05, 4.69) is 38.3 Å². The van der Waals surface area contributed by atoms with Crippen molar-refractivity contribution in [2.24, 2.45) is 0 Å². The van der Waals surface area contributed by atoms with Crippen molar-refractivity contribution >= 4 is 22.1 Å². The van der Waals surface area contributed by atoms with Gasteiger partial charge in [-0.05, 0) is 51.9 Å². The standard InChI is InChI=1S/2C6H15N.C4H6O7S/c2*1-3-5-7-6-4-2;5-3(6)1-2(4(7)8)12(9,10)11/h2*7H,3-6H2,1-2H3;2H,1H2,(H,5,6)(H,7,8)(H,9,10,11). The minimum atomic E-state index is -4.84. The fourth-order valence-corrected chi connectivity index (χ4v) is 2.04. The van der Waals surface area contributed by atoms with Gasteiger partial charge in [0, 0.05) is 0 Å². The molecule has 0 aliphatic carbocycles. The number of carboxylic acid groups (broad SMARTS) is 2. The summed E-state index contributed by atoms with van der Waals surface area (Å²) in [5.41, 5.74) is 0. The van der Waals surface area contributed by atoms with E-state index in [0.717, 1.165) is 0 Å². The molecule has 0 amide bonds. The normalized spacial score (nSPS) is 11.4. The van der Waals surface area contributed by atoms with Crippen LogP contribution in [0.1, 0.15) is 59.8 Å². The van der Waals surface area contributed by atoms with Crippen LogP contribution in [-0.4, -0.2) is 66.6 Å². The third-order valence-corrected chi connectivity index (χ3v) is 3.79. The maximum atomic E-state index is 10.2. The molecule has 1 atom stereocenters. The Bertz CT molecular complexity index is 424. The molecule has 9 nitrogen and oxygen atoms in total. The largest absolute Gasteiger partial charge is 0.481 e. The van der Waals surface area contributed by atoms with E-state index in [1.54, 1.807) is 0 Å². The summed E-state index contributed by atoms with van der Waals surface area (Å²) in [5, 5.41) is 20.5. The van der Waals surface area contributed by atoms with E-state index in [-0.39, 0.29) is 0 Å². The van der Waals surface area contributed by atoms with Crippen LogP contribution in [0.15, 0.2) is 0 Å². The molecule has 26 heavy (non-hydrogen) atoms. The average molecular weight is 401 g/mol. The molecular weight excluding hydrogens is 364 g/mol. The lowest BCUT2D eigenvalue weighted by Crippen LogP contribution is -2.31. The number of hydrogen-bond acceptors (Lipinski definition) is 6. The van der Waals surface area contributed by atoms with Crippen molar-refractivity contribution in [1.29, 1.82) is 0 Å². The number of nitrogens with one attached hydrogen (secondary N) is 2. The Morgan fingerprint density at radius 1 is 0.808 bits per heavy atom. The van der Waals surface area contributed by atoms with Crippen molar-refractivity contribution in [3.8, 4) is 0 Å². The van der Waals surface area contributed by atoms with Crippen molar-refractivity contribution in [1.82, 2.24) is 10.6 Å². The maximum Gasteiger partial charge on any atom is 0.325 e. The van der Waals surface area contributed by atoms with Crippen molar-refractivity contribution in [3.63, 3.8) is 0 Å². The number of rotatable bonds is 12. The smallest absolute Gasteiger partial charge is 0.325 e. The highest BCUT2D eigenvalue weighted by Gasteiger charge is 2.33. The minimum Gasteiger partial charge on any atom is -0.481 e. The van der Waals surface area contributed by atoms with Gasteiger partial charge < -0.3 is 20.8 Å². The van der Waals surface area contributed by atoms with Gasteiger partial charge in [0.05, 0.1) is 6.42 Å². The Hall–Kier alpha value is -1.23. The number of aliphatic carboxylic acids is 2. The first-order chi connectivity index (χ1) is 12.1. The number of carboxylic acids is 2. The summed E-state index contributed by atoms with van der Waals surface area (Å²) in [7, 11) is -4.84. The van der Waals surface area contributed by atoms with Crippen LogP contribution >= 0.6 is 0 Å². The zero-order valence-corrected chi connectivity index (χ0v) is 17.1. The van der Waals surface area contributed by atoms with Gasteiger partial charge in [-0.15, -0.1) is 0 Å². The molecule has 0 rings (SSSR count). The second-order valence-electron chi connectivity index (χ2n) is 5.44. The second kappa shape index (κ2) is 20.1. The van der Waals surface area contributed by atoms with Gasteiger partial charge in [0.2, 0.25) is 0 Å². The molecule has 0 bridgehead atoms. The lowest BCUT2D eigenvalue weighted by molar-refractivity contribution is -0.143. The van der Waals surface area contributed by atoms with Gasteiger partial charge in [-0.1, -0.05) is 27.7 Å². The van der Waals surface area contributed by atoms with E-state index in [1.807, 2.05) is 0 Å². The third kappa shape index (κ3) is 25.0. The van der Waals surface area contributed by atoms with Gasteiger partial charge in [-0.25, -0.2) is 0 Å². The SMILES string of the molecule is CCCNCCC.CCCNCCC.O=C(O)CC(C(=O)O)S(=O)(=O)O. The molecular formula is C16H36N2O7S. The molecule has 10 heteroatoms. The lowest BCUT2D eigenvalue weighted by atomic mass is 10.3. The molecule has 0 saturated carbocycles. The first-order valence-corrected chi connectivity index (χ1v) is 10.4. The summed E-state index contributed by atoms with van der Waals surface area (Å²) >= 11 is 0. The van der Waals surface area contributed by atoms with E-state index in [0.29, 0.717) is 0 Å². The molecule has 0 aromatic carbocycles. The molecule has 0 spiro atoms. The van der Waals surface area contributed by atoms with Crippen molar-refractivity contribution < 1.29 is 32.8 Å². The van der Waals surface area contributed by atoms with Crippen molar-refractivity contribution in [2.75, 3.05) is 26.2 Å². The molecule has 0 radical (unpaired) electrons. The first-order valence-electron chi connectivity index (χ1n) is 8.90.